The molecule has 3 heterocycles. The van der Waals surface area contributed by atoms with Crippen LogP contribution in [0.2, 0.25) is 0 Å². The Hall–Kier alpha value is -3.82. The Morgan fingerprint density at radius 3 is 2.37 bits per heavy atom. The number of halogens is 5. The lowest BCUT2D eigenvalue weighted by Gasteiger charge is -2.10. The minimum Gasteiger partial charge on any atom is -0.212 e. The highest BCUT2D eigenvalue weighted by molar-refractivity contribution is 5.81. The summed E-state index contributed by atoms with van der Waals surface area (Å²) in [6, 6.07) is 12.7. The van der Waals surface area contributed by atoms with Gasteiger partial charge in [-0.25, -0.2) is 18.4 Å². The maximum atomic E-state index is 14.5. The largest absolute Gasteiger partial charge is 0.453 e. The van der Waals surface area contributed by atoms with Crippen LogP contribution >= 0.6 is 0 Å². The topological polar surface area (TPSA) is 48.0 Å². The van der Waals surface area contributed by atoms with Crippen LogP contribution in [0.25, 0.3) is 33.5 Å². The van der Waals surface area contributed by atoms with Crippen LogP contribution in [0, 0.1) is 11.6 Å². The summed E-state index contributed by atoms with van der Waals surface area (Å²) in [6.07, 6.45) is -3.37. The van der Waals surface area contributed by atoms with Crippen LogP contribution in [-0.2, 0) is 6.18 Å². The van der Waals surface area contributed by atoms with Crippen molar-refractivity contribution in [3.8, 4) is 16.9 Å². The summed E-state index contributed by atoms with van der Waals surface area (Å²) in [5.41, 5.74) is 0.950. The van der Waals surface area contributed by atoms with Gasteiger partial charge in [0.05, 0.1) is 6.20 Å². The van der Waals surface area contributed by atoms with Crippen molar-refractivity contribution in [2.24, 2.45) is 0 Å². The second-order valence-corrected chi connectivity index (χ2v) is 6.55. The molecule has 10 heteroatoms. The number of nitrogens with zero attached hydrogens (tertiary/aromatic N) is 5. The highest BCUT2D eigenvalue weighted by Crippen LogP contribution is 2.31. The van der Waals surface area contributed by atoms with Gasteiger partial charge in [0.25, 0.3) is 5.82 Å². The Morgan fingerprint density at radius 1 is 0.867 bits per heavy atom. The fourth-order valence-electron chi connectivity index (χ4n) is 3.26. The number of hydrogen-bond acceptors (Lipinski definition) is 3. The van der Waals surface area contributed by atoms with Gasteiger partial charge in [-0.2, -0.15) is 22.8 Å². The number of benzene rings is 2. The fraction of sp³-hybridized carbons (Fsp3) is 0.0500. The zero-order chi connectivity index (χ0) is 21.0. The van der Waals surface area contributed by atoms with Crippen LogP contribution in [0.1, 0.15) is 5.82 Å². The molecule has 0 aliphatic rings. The molecule has 5 rings (SSSR count). The van der Waals surface area contributed by atoms with Gasteiger partial charge < -0.3 is 0 Å². The first-order chi connectivity index (χ1) is 14.3. The summed E-state index contributed by atoms with van der Waals surface area (Å²) in [5, 5.41) is 8.17. The van der Waals surface area contributed by atoms with Crippen molar-refractivity contribution in [3.05, 3.63) is 78.3 Å². The second-order valence-electron chi connectivity index (χ2n) is 6.55. The highest BCUT2D eigenvalue weighted by Gasteiger charge is 2.36. The van der Waals surface area contributed by atoms with Gasteiger partial charge in [-0.3, -0.25) is 0 Å². The van der Waals surface area contributed by atoms with Crippen LogP contribution in [-0.4, -0.2) is 24.4 Å². The molecule has 0 fully saturated rings. The van der Waals surface area contributed by atoms with Crippen LogP contribution in [0.3, 0.4) is 0 Å². The Labute approximate surface area is 165 Å². The van der Waals surface area contributed by atoms with Gasteiger partial charge in [-0.05, 0) is 41.5 Å². The van der Waals surface area contributed by atoms with E-state index in [1.807, 2.05) is 0 Å². The number of fused-ring (bicyclic) bond motifs is 2. The molecule has 0 aliphatic carbocycles. The maximum Gasteiger partial charge on any atom is 0.453 e. The average Bonchev–Trinajstić information content (AvgIpc) is 3.32. The van der Waals surface area contributed by atoms with Crippen molar-refractivity contribution in [2.75, 3.05) is 0 Å². The molecule has 30 heavy (non-hydrogen) atoms. The molecular weight excluding hydrogens is 405 g/mol. The van der Waals surface area contributed by atoms with Gasteiger partial charge in [0.1, 0.15) is 17.2 Å². The molecule has 0 radical (unpaired) electrons. The highest BCUT2D eigenvalue weighted by atomic mass is 19.4. The molecule has 2 aromatic carbocycles. The van der Waals surface area contributed by atoms with Crippen molar-refractivity contribution >= 4 is 16.6 Å². The fourth-order valence-corrected chi connectivity index (χ4v) is 3.26. The summed E-state index contributed by atoms with van der Waals surface area (Å²) >= 11 is 0. The Kier molecular flexibility index (Phi) is 3.85. The molecule has 0 aliphatic heterocycles. The van der Waals surface area contributed by atoms with Gasteiger partial charge >= 0.3 is 6.18 Å². The number of pyridine rings is 1. The van der Waals surface area contributed by atoms with Crippen molar-refractivity contribution in [3.63, 3.8) is 0 Å². The lowest BCUT2D eigenvalue weighted by atomic mass is 10.1. The van der Waals surface area contributed by atoms with Gasteiger partial charge in [0.2, 0.25) is 0 Å². The predicted octanol–water partition coefficient (Wildman–Crippen LogP) is 5.03. The molecular formula is C20H10F5N5. The van der Waals surface area contributed by atoms with Crippen LogP contribution < -0.4 is 0 Å². The minimum atomic E-state index is -4.77. The number of para-hydroxylation sites is 1. The maximum absolute atomic E-state index is 14.5. The standard InChI is InChI=1S/C20H10F5N5/c21-14-6-4-11(5-7-14)13-8-16-27-19(20(23,24)25)28-29(16)17(9-13)30-18-12(10-26-30)2-1-3-15(18)22/h1-10H. The zero-order valence-electron chi connectivity index (χ0n) is 14.9. The SMILES string of the molecule is Fc1ccc(-c2cc(-n3ncc4cccc(F)c43)n3nc(C(F)(F)F)nc3c2)cc1. The minimum absolute atomic E-state index is 0.0509. The molecule has 5 nitrogen and oxygen atoms in total. The normalized spacial score (nSPS) is 12.2. The Morgan fingerprint density at radius 2 is 1.63 bits per heavy atom. The van der Waals surface area contributed by atoms with Crippen molar-refractivity contribution < 1.29 is 22.0 Å². The first-order valence-electron chi connectivity index (χ1n) is 8.68. The van der Waals surface area contributed by atoms with E-state index in [2.05, 4.69) is 15.2 Å². The van der Waals surface area contributed by atoms with Crippen LogP contribution in [0.4, 0.5) is 22.0 Å². The third-order valence-electron chi connectivity index (χ3n) is 4.61. The number of rotatable bonds is 2. The molecule has 0 unspecified atom stereocenters. The van der Waals surface area contributed by atoms with Gasteiger partial charge in [-0.15, -0.1) is 5.10 Å². The first kappa shape index (κ1) is 18.2. The quantitative estimate of drug-likeness (QED) is 0.380. The Balaban J connectivity index is 1.84. The summed E-state index contributed by atoms with van der Waals surface area (Å²) in [4.78, 5) is 3.58. The Bertz CT molecular complexity index is 1400. The van der Waals surface area contributed by atoms with E-state index in [0.29, 0.717) is 16.5 Å². The van der Waals surface area contributed by atoms with Crippen molar-refractivity contribution in [2.45, 2.75) is 6.18 Å². The number of hydrogen-bond donors (Lipinski definition) is 0. The van der Waals surface area contributed by atoms with E-state index in [4.69, 9.17) is 0 Å². The summed E-state index contributed by atoms with van der Waals surface area (Å²) < 4.78 is 69.6. The zero-order valence-corrected chi connectivity index (χ0v) is 14.9. The smallest absolute Gasteiger partial charge is 0.212 e. The first-order valence-corrected chi connectivity index (χ1v) is 8.68. The summed E-state index contributed by atoms with van der Waals surface area (Å²) in [6.45, 7) is 0. The summed E-state index contributed by atoms with van der Waals surface area (Å²) in [5.74, 6) is -2.34. The van der Waals surface area contributed by atoms with Gasteiger partial charge in [0, 0.05) is 5.39 Å². The van der Waals surface area contributed by atoms with E-state index < -0.39 is 23.6 Å². The van der Waals surface area contributed by atoms with Crippen molar-refractivity contribution in [1.82, 2.24) is 24.4 Å². The van der Waals surface area contributed by atoms with Gasteiger partial charge in [0.15, 0.2) is 11.5 Å². The molecule has 0 saturated carbocycles. The van der Waals surface area contributed by atoms with E-state index in [1.165, 1.54) is 59.4 Å². The lowest BCUT2D eigenvalue weighted by molar-refractivity contribution is -0.144. The second kappa shape index (κ2) is 6.34. The van der Waals surface area contributed by atoms with E-state index in [9.17, 15) is 22.0 Å². The lowest BCUT2D eigenvalue weighted by Crippen LogP contribution is -2.09. The van der Waals surface area contributed by atoms with E-state index in [1.54, 1.807) is 6.07 Å². The summed E-state index contributed by atoms with van der Waals surface area (Å²) in [7, 11) is 0. The number of alkyl halides is 3. The van der Waals surface area contributed by atoms with Crippen molar-refractivity contribution in [1.29, 1.82) is 0 Å². The molecule has 3 aromatic heterocycles. The molecule has 0 bridgehead atoms. The predicted molar refractivity (Wildman–Crippen MR) is 98.0 cm³/mol. The molecule has 0 N–H and O–H groups in total. The molecule has 5 aromatic rings. The molecule has 0 amide bonds. The molecule has 0 saturated heterocycles. The van der Waals surface area contributed by atoms with E-state index in [-0.39, 0.29) is 17.0 Å². The number of aromatic nitrogens is 5. The van der Waals surface area contributed by atoms with Gasteiger partial charge in [-0.1, -0.05) is 24.3 Å². The monoisotopic (exact) mass is 415 g/mol. The van der Waals surface area contributed by atoms with E-state index in [0.717, 1.165) is 4.52 Å². The molecule has 150 valence electrons. The third kappa shape index (κ3) is 2.88. The third-order valence-corrected chi connectivity index (χ3v) is 4.61. The van der Waals surface area contributed by atoms with Crippen LogP contribution in [0.15, 0.2) is 60.8 Å². The van der Waals surface area contributed by atoms with Crippen LogP contribution in [0.5, 0.6) is 0 Å². The molecule has 0 spiro atoms. The average molecular weight is 415 g/mol. The van der Waals surface area contributed by atoms with E-state index >= 15 is 0 Å². The molecule has 0 atom stereocenters.